The number of hydrogen-bond donors (Lipinski definition) is 1. The molecule has 1 N–H and O–H groups in total. The van der Waals surface area contributed by atoms with Gasteiger partial charge in [0.05, 0.1) is 0 Å². The minimum absolute atomic E-state index is 0.158. The summed E-state index contributed by atoms with van der Waals surface area (Å²) < 4.78 is 14.5. The second-order valence-corrected chi connectivity index (χ2v) is 6.84. The highest BCUT2D eigenvalue weighted by atomic mass is 79.9. The molecule has 0 heterocycles. The van der Waals surface area contributed by atoms with E-state index in [9.17, 15) is 4.39 Å². The molecule has 1 unspecified atom stereocenters. The van der Waals surface area contributed by atoms with Gasteiger partial charge in [0.15, 0.2) is 0 Å². The third kappa shape index (κ3) is 4.83. The maximum Gasteiger partial charge on any atom is 0.128 e. The zero-order chi connectivity index (χ0) is 15.2. The van der Waals surface area contributed by atoms with Crippen LogP contribution in [0.15, 0.2) is 51.8 Å². The predicted molar refractivity (Wildman–Crippen MR) is 92.2 cm³/mol. The van der Waals surface area contributed by atoms with E-state index in [0.717, 1.165) is 21.5 Å². The van der Waals surface area contributed by atoms with Crippen LogP contribution < -0.4 is 5.32 Å². The molecule has 1 atom stereocenters. The van der Waals surface area contributed by atoms with Crippen LogP contribution >= 0.6 is 27.7 Å². The van der Waals surface area contributed by atoms with Gasteiger partial charge in [-0.25, -0.2) is 4.39 Å². The molecule has 2 rings (SSSR count). The number of rotatable bonds is 6. The van der Waals surface area contributed by atoms with Crippen LogP contribution in [0.5, 0.6) is 0 Å². The van der Waals surface area contributed by atoms with Gasteiger partial charge in [-0.15, -0.1) is 11.8 Å². The zero-order valence-electron chi connectivity index (χ0n) is 12.2. The van der Waals surface area contributed by atoms with E-state index in [1.807, 2.05) is 12.1 Å². The fourth-order valence-electron chi connectivity index (χ4n) is 2.08. The van der Waals surface area contributed by atoms with E-state index in [1.165, 1.54) is 11.6 Å². The van der Waals surface area contributed by atoms with Crippen LogP contribution in [0.4, 0.5) is 4.39 Å². The molecule has 112 valence electrons. The van der Waals surface area contributed by atoms with Gasteiger partial charge < -0.3 is 5.32 Å². The number of benzene rings is 2. The molecule has 2 aromatic rings. The van der Waals surface area contributed by atoms with Crippen molar-refractivity contribution in [2.75, 3.05) is 6.54 Å². The van der Waals surface area contributed by atoms with Crippen molar-refractivity contribution in [3.63, 3.8) is 0 Å². The predicted octanol–water partition coefficient (Wildman–Crippen LogP) is 5.55. The van der Waals surface area contributed by atoms with Crippen LogP contribution in [-0.4, -0.2) is 6.54 Å². The summed E-state index contributed by atoms with van der Waals surface area (Å²) in [7, 11) is 0. The Morgan fingerprint density at radius 1 is 1.19 bits per heavy atom. The second-order valence-electron chi connectivity index (χ2n) is 4.87. The van der Waals surface area contributed by atoms with Gasteiger partial charge in [0.1, 0.15) is 5.82 Å². The summed E-state index contributed by atoms with van der Waals surface area (Å²) in [6.45, 7) is 5.22. The van der Waals surface area contributed by atoms with Crippen molar-refractivity contribution in [3.8, 4) is 0 Å². The molecule has 0 aliphatic carbocycles. The average molecular weight is 368 g/mol. The molecule has 0 saturated heterocycles. The van der Waals surface area contributed by atoms with E-state index in [4.69, 9.17) is 0 Å². The van der Waals surface area contributed by atoms with E-state index in [0.29, 0.717) is 11.8 Å². The summed E-state index contributed by atoms with van der Waals surface area (Å²) in [5.74, 6) is 0.482. The van der Waals surface area contributed by atoms with Gasteiger partial charge in [-0.2, -0.15) is 0 Å². The largest absolute Gasteiger partial charge is 0.310 e. The summed E-state index contributed by atoms with van der Waals surface area (Å²) in [5, 5.41) is 3.39. The molecule has 0 aliphatic heterocycles. The Morgan fingerprint density at radius 2 is 1.90 bits per heavy atom. The number of nitrogens with one attached hydrogen (secondary N) is 1. The summed E-state index contributed by atoms with van der Waals surface area (Å²) in [6.07, 6.45) is 0. The first-order chi connectivity index (χ1) is 10.1. The van der Waals surface area contributed by atoms with Crippen LogP contribution in [0.3, 0.4) is 0 Å². The lowest BCUT2D eigenvalue weighted by Crippen LogP contribution is -2.17. The van der Waals surface area contributed by atoms with Gasteiger partial charge >= 0.3 is 0 Å². The number of halogens is 2. The van der Waals surface area contributed by atoms with Crippen molar-refractivity contribution in [1.82, 2.24) is 5.32 Å². The molecule has 1 nitrogen and oxygen atoms in total. The van der Waals surface area contributed by atoms with Crippen molar-refractivity contribution in [3.05, 3.63) is 63.9 Å². The van der Waals surface area contributed by atoms with E-state index < -0.39 is 0 Å². The van der Waals surface area contributed by atoms with Gasteiger partial charge in [-0.3, -0.25) is 0 Å². The van der Waals surface area contributed by atoms with Crippen molar-refractivity contribution < 1.29 is 4.39 Å². The lowest BCUT2D eigenvalue weighted by atomic mass is 10.1. The molecule has 21 heavy (non-hydrogen) atoms. The van der Waals surface area contributed by atoms with Gasteiger partial charge in [0.2, 0.25) is 0 Å². The number of hydrogen-bond acceptors (Lipinski definition) is 2. The minimum Gasteiger partial charge on any atom is -0.310 e. The summed E-state index contributed by atoms with van der Waals surface area (Å²) >= 11 is 4.93. The Kier molecular flexibility index (Phi) is 6.27. The average Bonchev–Trinajstić information content (AvgIpc) is 2.47. The highest BCUT2D eigenvalue weighted by Gasteiger charge is 2.06. The lowest BCUT2D eigenvalue weighted by Gasteiger charge is -2.13. The van der Waals surface area contributed by atoms with Gasteiger partial charge in [-0.05, 0) is 48.9 Å². The van der Waals surface area contributed by atoms with Crippen molar-refractivity contribution in [1.29, 1.82) is 0 Å². The molecule has 0 bridgehead atoms. The summed E-state index contributed by atoms with van der Waals surface area (Å²) in [5.41, 5.74) is 2.00. The van der Waals surface area contributed by atoms with E-state index in [1.54, 1.807) is 11.8 Å². The van der Waals surface area contributed by atoms with Crippen LogP contribution in [0.2, 0.25) is 0 Å². The van der Waals surface area contributed by atoms with Crippen molar-refractivity contribution >= 4 is 27.7 Å². The Labute approximate surface area is 138 Å². The molecular formula is C17H19BrFNS. The monoisotopic (exact) mass is 367 g/mol. The normalized spacial score (nSPS) is 12.4. The fraction of sp³-hybridized carbons (Fsp3) is 0.294. The van der Waals surface area contributed by atoms with Crippen molar-refractivity contribution in [2.24, 2.45) is 0 Å². The second kappa shape index (κ2) is 7.97. The zero-order valence-corrected chi connectivity index (χ0v) is 14.6. The number of thioether (sulfide) groups is 1. The maximum atomic E-state index is 13.8. The van der Waals surface area contributed by atoms with Crippen LogP contribution in [-0.2, 0) is 5.75 Å². The first kappa shape index (κ1) is 16.5. The Morgan fingerprint density at radius 3 is 2.52 bits per heavy atom. The smallest absolute Gasteiger partial charge is 0.128 e. The molecular weight excluding hydrogens is 349 g/mol. The Bertz CT molecular complexity index is 586. The molecule has 0 spiro atoms. The molecule has 4 heteroatoms. The Hall–Kier alpha value is -0.840. The fourth-order valence-corrected chi connectivity index (χ4v) is 3.29. The molecule has 0 aliphatic rings. The van der Waals surface area contributed by atoms with E-state index in [-0.39, 0.29) is 5.82 Å². The van der Waals surface area contributed by atoms with Crippen LogP contribution in [0, 0.1) is 5.82 Å². The molecule has 0 radical (unpaired) electrons. The molecule has 0 amide bonds. The molecule has 0 fully saturated rings. The minimum atomic E-state index is -0.158. The summed E-state index contributed by atoms with van der Waals surface area (Å²) in [6, 6.07) is 14.0. The highest BCUT2D eigenvalue weighted by molar-refractivity contribution is 9.10. The van der Waals surface area contributed by atoms with Crippen LogP contribution in [0.1, 0.15) is 31.0 Å². The third-order valence-corrected chi connectivity index (χ3v) is 4.85. The van der Waals surface area contributed by atoms with Gasteiger partial charge in [0, 0.05) is 21.2 Å². The van der Waals surface area contributed by atoms with Gasteiger partial charge in [0.25, 0.3) is 0 Å². The van der Waals surface area contributed by atoms with Crippen molar-refractivity contribution in [2.45, 2.75) is 30.5 Å². The first-order valence-corrected chi connectivity index (χ1v) is 8.78. The van der Waals surface area contributed by atoms with Crippen LogP contribution in [0.25, 0.3) is 0 Å². The first-order valence-electron chi connectivity index (χ1n) is 7.00. The molecule has 0 aromatic heterocycles. The summed E-state index contributed by atoms with van der Waals surface area (Å²) in [4.78, 5) is 1.16. The molecule has 2 aromatic carbocycles. The van der Waals surface area contributed by atoms with E-state index >= 15 is 0 Å². The van der Waals surface area contributed by atoms with Gasteiger partial charge in [-0.1, -0.05) is 41.1 Å². The Balaban J connectivity index is 1.97. The maximum absolute atomic E-state index is 13.8. The third-order valence-electron chi connectivity index (χ3n) is 3.30. The quantitative estimate of drug-likeness (QED) is 0.671. The standard InChI is InChI=1S/C17H19BrFNS/c1-3-20-12(2)13-5-8-16(9-6-13)21-11-14-4-7-15(18)10-17(14)19/h4-10,12,20H,3,11H2,1-2H3. The van der Waals surface area contributed by atoms with E-state index in [2.05, 4.69) is 59.4 Å². The SMILES string of the molecule is CCNC(C)c1ccc(SCc2ccc(Br)cc2F)cc1. The molecule has 0 saturated carbocycles. The highest BCUT2D eigenvalue weighted by Crippen LogP contribution is 2.26. The lowest BCUT2D eigenvalue weighted by molar-refractivity contribution is 0.598. The topological polar surface area (TPSA) is 12.0 Å².